The van der Waals surface area contributed by atoms with Gasteiger partial charge in [-0.25, -0.2) is 0 Å². The first-order valence-corrected chi connectivity index (χ1v) is 20.4. The molecule has 4 aromatic rings. The third-order valence-electron chi connectivity index (χ3n) is 9.96. The molecule has 2 heterocycles. The van der Waals surface area contributed by atoms with E-state index in [1.54, 1.807) is 0 Å². The Hall–Kier alpha value is -4.08. The highest BCUT2D eigenvalue weighted by atomic mass is 32.2. The lowest BCUT2D eigenvalue weighted by Crippen LogP contribution is -2.43. The van der Waals surface area contributed by atoms with E-state index in [1.165, 1.54) is 64.1 Å². The second-order valence-electron chi connectivity index (χ2n) is 14.3. The van der Waals surface area contributed by atoms with Gasteiger partial charge in [0.25, 0.3) is 0 Å². The number of aryl methyl sites for hydroxylation is 4. The Labute approximate surface area is 324 Å². The minimum Gasteiger partial charge on any atom is -0.343 e. The van der Waals surface area contributed by atoms with Crippen LogP contribution in [0.3, 0.4) is 0 Å². The molecule has 8 heteroatoms. The largest absolute Gasteiger partial charge is 0.343 e. The maximum absolute atomic E-state index is 12.7. The molecular formula is C45H52N4O2S2. The molecule has 0 saturated carbocycles. The van der Waals surface area contributed by atoms with E-state index in [2.05, 4.69) is 145 Å². The van der Waals surface area contributed by atoms with Gasteiger partial charge < -0.3 is 10.6 Å². The van der Waals surface area contributed by atoms with Gasteiger partial charge >= 0.3 is 0 Å². The predicted octanol–water partition coefficient (Wildman–Crippen LogP) is 9.42. The van der Waals surface area contributed by atoms with Gasteiger partial charge in [0.1, 0.15) is 6.42 Å². The Morgan fingerprint density at radius 1 is 0.642 bits per heavy atom. The minimum absolute atomic E-state index is 0.158. The summed E-state index contributed by atoms with van der Waals surface area (Å²) in [7, 11) is 0. The molecule has 53 heavy (non-hydrogen) atoms. The highest BCUT2D eigenvalue weighted by Gasteiger charge is 2.19. The Balaban J connectivity index is 0.907. The van der Waals surface area contributed by atoms with Gasteiger partial charge in [0, 0.05) is 45.8 Å². The number of amides is 2. The zero-order chi connectivity index (χ0) is 37.2. The van der Waals surface area contributed by atoms with E-state index < -0.39 is 0 Å². The first-order valence-electron chi connectivity index (χ1n) is 18.8. The van der Waals surface area contributed by atoms with Crippen molar-refractivity contribution in [2.24, 2.45) is 0 Å². The molecular weight excluding hydrogens is 693 g/mol. The summed E-state index contributed by atoms with van der Waals surface area (Å²) in [5.74, 6) is -0.477. The summed E-state index contributed by atoms with van der Waals surface area (Å²) >= 11 is 3.66. The summed E-state index contributed by atoms with van der Waals surface area (Å²) < 4.78 is 0. The number of carbonyl (C=O) groups excluding carboxylic acids is 2. The van der Waals surface area contributed by atoms with Crippen molar-refractivity contribution in [3.8, 4) is 0 Å². The van der Waals surface area contributed by atoms with Crippen LogP contribution in [-0.2, 0) is 9.59 Å². The maximum Gasteiger partial charge on any atom is 0.230 e. The molecule has 0 bridgehead atoms. The van der Waals surface area contributed by atoms with Crippen LogP contribution in [0.15, 0.2) is 116 Å². The Bertz CT molecular complexity index is 1980. The number of carbonyl (C=O) groups is 2. The summed E-state index contributed by atoms with van der Waals surface area (Å²) in [6.45, 7) is 13.0. The molecule has 0 aliphatic carbocycles. The average molecular weight is 745 g/mol. The lowest BCUT2D eigenvalue weighted by Gasteiger charge is -2.28. The molecule has 0 spiro atoms. The SMILES string of the molecule is Cc1ccc(Sc2ccccc2C=C2CCN(CNC(=O)CC(=O)NCN3CCC=C(c4ccccc4Sc4ccc(C)cc4C)CC3)CC2)c(C)c1. The monoisotopic (exact) mass is 744 g/mol. The lowest BCUT2D eigenvalue weighted by molar-refractivity contribution is -0.130. The van der Waals surface area contributed by atoms with Gasteiger partial charge in [-0.2, -0.15) is 0 Å². The van der Waals surface area contributed by atoms with Crippen molar-refractivity contribution in [2.75, 3.05) is 39.5 Å². The van der Waals surface area contributed by atoms with Crippen molar-refractivity contribution < 1.29 is 9.59 Å². The van der Waals surface area contributed by atoms with E-state index in [1.807, 2.05) is 23.5 Å². The van der Waals surface area contributed by atoms with E-state index in [4.69, 9.17) is 0 Å². The van der Waals surface area contributed by atoms with Crippen molar-refractivity contribution in [2.45, 2.75) is 79.4 Å². The van der Waals surface area contributed by atoms with Crippen LogP contribution in [0.4, 0.5) is 0 Å². The number of piperidine rings is 1. The molecule has 0 radical (unpaired) electrons. The summed E-state index contributed by atoms with van der Waals surface area (Å²) in [4.78, 5) is 35.1. The normalized spacial score (nSPS) is 15.4. The van der Waals surface area contributed by atoms with Gasteiger partial charge in [-0.3, -0.25) is 19.4 Å². The smallest absolute Gasteiger partial charge is 0.230 e. The third-order valence-corrected chi connectivity index (χ3v) is 12.5. The van der Waals surface area contributed by atoms with Gasteiger partial charge in [0.05, 0.1) is 13.3 Å². The number of nitrogens with one attached hydrogen (secondary N) is 2. The third kappa shape index (κ3) is 11.2. The topological polar surface area (TPSA) is 64.7 Å². The van der Waals surface area contributed by atoms with E-state index in [0.29, 0.717) is 13.3 Å². The summed E-state index contributed by atoms with van der Waals surface area (Å²) in [5, 5.41) is 5.96. The Morgan fingerprint density at radius 2 is 1.19 bits per heavy atom. The van der Waals surface area contributed by atoms with Crippen molar-refractivity contribution in [3.63, 3.8) is 0 Å². The zero-order valence-corrected chi connectivity index (χ0v) is 33.2. The number of benzene rings is 4. The predicted molar refractivity (Wildman–Crippen MR) is 221 cm³/mol. The molecule has 6 nitrogen and oxygen atoms in total. The summed E-state index contributed by atoms with van der Waals surface area (Å²) in [6, 6.07) is 30.5. The standard InChI is InChI=1S/C45H52N4O2S2/c1-32-15-17-40(34(3)26-32)52-42-13-7-5-10-38(42)28-36-19-23-49(24-20-36)31-47-45(51)29-44(50)46-30-48-22-9-11-37(21-25-48)39-12-6-8-14-43(39)53-41-18-16-33(2)27-35(41)4/h5-8,10-18,26-28H,9,19-25,29-31H2,1-4H3,(H,46,50)(H,47,51). The number of hydrogen-bond acceptors (Lipinski definition) is 6. The molecule has 1 fully saturated rings. The zero-order valence-electron chi connectivity index (χ0n) is 31.5. The quantitative estimate of drug-likeness (QED) is 0.141. The van der Waals surface area contributed by atoms with Gasteiger partial charge in [-0.1, -0.05) is 113 Å². The molecule has 6 rings (SSSR count). The maximum atomic E-state index is 12.7. The van der Waals surface area contributed by atoms with Gasteiger partial charge in [-0.15, -0.1) is 0 Å². The fraction of sp³-hybridized carbons (Fsp3) is 0.333. The van der Waals surface area contributed by atoms with E-state index in [0.717, 1.165) is 51.9 Å². The van der Waals surface area contributed by atoms with Gasteiger partial charge in [-0.05, 0) is 105 Å². The molecule has 2 amide bonds. The van der Waals surface area contributed by atoms with Crippen LogP contribution in [0.5, 0.6) is 0 Å². The van der Waals surface area contributed by atoms with Crippen LogP contribution in [0.25, 0.3) is 11.6 Å². The molecule has 0 aromatic heterocycles. The Kier molecular flexibility index (Phi) is 13.7. The fourth-order valence-corrected chi connectivity index (χ4v) is 8.96. The van der Waals surface area contributed by atoms with E-state index >= 15 is 0 Å². The Morgan fingerprint density at radius 3 is 1.83 bits per heavy atom. The first kappa shape index (κ1) is 38.6. The molecule has 0 atom stereocenters. The van der Waals surface area contributed by atoms with Crippen molar-refractivity contribution in [1.29, 1.82) is 0 Å². The minimum atomic E-state index is -0.239. The second kappa shape index (κ2) is 18.8. The molecule has 4 aromatic carbocycles. The van der Waals surface area contributed by atoms with Crippen LogP contribution in [0.1, 0.15) is 65.5 Å². The number of nitrogens with zero attached hydrogens (tertiary/aromatic N) is 2. The molecule has 2 N–H and O–H groups in total. The lowest BCUT2D eigenvalue weighted by atomic mass is 10.0. The highest BCUT2D eigenvalue weighted by Crippen LogP contribution is 2.38. The second-order valence-corrected chi connectivity index (χ2v) is 16.4. The molecule has 0 unspecified atom stereocenters. The van der Waals surface area contributed by atoms with Crippen molar-refractivity contribution in [3.05, 3.63) is 130 Å². The molecule has 2 aliphatic rings. The molecule has 2 aliphatic heterocycles. The number of likely N-dealkylation sites (tertiary alicyclic amines) is 1. The summed E-state index contributed by atoms with van der Waals surface area (Å²) in [5.41, 5.74) is 10.5. The van der Waals surface area contributed by atoms with Crippen LogP contribution in [-0.4, -0.2) is 61.1 Å². The van der Waals surface area contributed by atoms with Gasteiger partial charge in [0.2, 0.25) is 11.8 Å². The average Bonchev–Trinajstić information content (AvgIpc) is 3.39. The highest BCUT2D eigenvalue weighted by molar-refractivity contribution is 7.99. The number of rotatable bonds is 12. The van der Waals surface area contributed by atoms with Crippen LogP contribution < -0.4 is 10.6 Å². The van der Waals surface area contributed by atoms with Crippen LogP contribution >= 0.6 is 23.5 Å². The molecule has 276 valence electrons. The van der Waals surface area contributed by atoms with Crippen LogP contribution in [0.2, 0.25) is 0 Å². The van der Waals surface area contributed by atoms with Gasteiger partial charge in [0.15, 0.2) is 0 Å². The van der Waals surface area contributed by atoms with E-state index in [-0.39, 0.29) is 18.2 Å². The van der Waals surface area contributed by atoms with Crippen LogP contribution in [0, 0.1) is 27.7 Å². The van der Waals surface area contributed by atoms with Crippen molar-refractivity contribution in [1.82, 2.24) is 20.4 Å². The fourth-order valence-electron chi connectivity index (χ4n) is 6.93. The van der Waals surface area contributed by atoms with E-state index in [9.17, 15) is 9.59 Å². The van der Waals surface area contributed by atoms with Crippen molar-refractivity contribution >= 4 is 47.0 Å². The first-order chi connectivity index (χ1) is 25.7. The molecule has 1 saturated heterocycles. The summed E-state index contributed by atoms with van der Waals surface area (Å²) in [6.07, 6.45) is 8.28. The number of hydrogen-bond donors (Lipinski definition) is 2.